The summed E-state index contributed by atoms with van der Waals surface area (Å²) in [5.41, 5.74) is 0.420. The Hall–Kier alpha value is -0.940. The molecule has 6 heteroatoms. The Kier molecular flexibility index (Phi) is 4.04. The van der Waals surface area contributed by atoms with E-state index in [-0.39, 0.29) is 6.10 Å². The Morgan fingerprint density at radius 2 is 2.00 bits per heavy atom. The van der Waals surface area contributed by atoms with Crippen molar-refractivity contribution in [3.05, 3.63) is 23.2 Å². The van der Waals surface area contributed by atoms with E-state index < -0.39 is 10.0 Å². The molecule has 16 heavy (non-hydrogen) atoms. The summed E-state index contributed by atoms with van der Waals surface area (Å²) >= 11 is 5.94. The molecule has 0 heterocycles. The molecule has 0 aliphatic carbocycles. The molecule has 1 rings (SSSR count). The lowest BCUT2D eigenvalue weighted by Gasteiger charge is -2.12. The van der Waals surface area contributed by atoms with Gasteiger partial charge in [0.1, 0.15) is 5.75 Å². The molecule has 0 bridgehead atoms. The van der Waals surface area contributed by atoms with E-state index in [0.717, 1.165) is 6.26 Å². The van der Waals surface area contributed by atoms with E-state index in [1.165, 1.54) is 6.07 Å². The van der Waals surface area contributed by atoms with Gasteiger partial charge in [-0.2, -0.15) is 0 Å². The highest BCUT2D eigenvalue weighted by Crippen LogP contribution is 2.28. The maximum absolute atomic E-state index is 11.0. The maximum atomic E-state index is 11.0. The zero-order chi connectivity index (χ0) is 12.3. The summed E-state index contributed by atoms with van der Waals surface area (Å²) in [6.45, 7) is 3.78. The van der Waals surface area contributed by atoms with Crippen molar-refractivity contribution in [3.63, 3.8) is 0 Å². The first-order valence-electron chi connectivity index (χ1n) is 4.72. The van der Waals surface area contributed by atoms with Crippen LogP contribution in [0.3, 0.4) is 0 Å². The van der Waals surface area contributed by atoms with Crippen LogP contribution in [0, 0.1) is 0 Å². The van der Waals surface area contributed by atoms with Gasteiger partial charge in [-0.25, -0.2) is 8.42 Å². The topological polar surface area (TPSA) is 55.4 Å². The molecule has 0 radical (unpaired) electrons. The van der Waals surface area contributed by atoms with Gasteiger partial charge in [-0.3, -0.25) is 4.72 Å². The molecule has 4 nitrogen and oxygen atoms in total. The highest BCUT2D eigenvalue weighted by atomic mass is 35.5. The smallest absolute Gasteiger partial charge is 0.229 e. The van der Waals surface area contributed by atoms with E-state index in [4.69, 9.17) is 16.3 Å². The second kappa shape index (κ2) is 4.93. The molecule has 1 N–H and O–H groups in total. The van der Waals surface area contributed by atoms with Crippen molar-refractivity contribution < 1.29 is 13.2 Å². The lowest BCUT2D eigenvalue weighted by Crippen LogP contribution is -2.10. The molecule has 0 aromatic heterocycles. The Balaban J connectivity index is 2.91. The average Bonchev–Trinajstić information content (AvgIpc) is 2.06. The number of anilines is 1. The van der Waals surface area contributed by atoms with Gasteiger partial charge in [-0.15, -0.1) is 0 Å². The third-order valence-corrected chi connectivity index (χ3v) is 2.50. The van der Waals surface area contributed by atoms with Gasteiger partial charge in [0.05, 0.1) is 23.1 Å². The molecule has 0 saturated carbocycles. The predicted octanol–water partition coefficient (Wildman–Crippen LogP) is 2.50. The van der Waals surface area contributed by atoms with Gasteiger partial charge in [0, 0.05) is 0 Å². The van der Waals surface area contributed by atoms with Crippen LogP contribution in [0.15, 0.2) is 18.2 Å². The first-order valence-corrected chi connectivity index (χ1v) is 6.99. The first-order chi connectivity index (χ1) is 7.28. The van der Waals surface area contributed by atoms with Crippen molar-refractivity contribution in [2.45, 2.75) is 20.0 Å². The van der Waals surface area contributed by atoms with Crippen LogP contribution in [0.5, 0.6) is 5.75 Å². The molecular formula is C10H14ClNO3S. The molecule has 0 spiro atoms. The molecule has 0 atom stereocenters. The Morgan fingerprint density at radius 3 is 2.44 bits per heavy atom. The minimum Gasteiger partial charge on any atom is -0.489 e. The van der Waals surface area contributed by atoms with Crippen LogP contribution in [0.1, 0.15) is 13.8 Å². The van der Waals surface area contributed by atoms with Crippen LogP contribution >= 0.6 is 11.6 Å². The van der Waals surface area contributed by atoms with E-state index in [2.05, 4.69) is 4.72 Å². The van der Waals surface area contributed by atoms with E-state index in [1.807, 2.05) is 13.8 Å². The summed E-state index contributed by atoms with van der Waals surface area (Å²) < 4.78 is 29.7. The normalized spacial score (nSPS) is 11.6. The van der Waals surface area contributed by atoms with Crippen LogP contribution in [-0.4, -0.2) is 20.8 Å². The van der Waals surface area contributed by atoms with Crippen LogP contribution in [-0.2, 0) is 10.0 Å². The molecule has 0 unspecified atom stereocenters. The summed E-state index contributed by atoms with van der Waals surface area (Å²) in [6.07, 6.45) is 1.10. The molecule has 0 aliphatic heterocycles. The second-order valence-corrected chi connectivity index (χ2v) is 5.84. The van der Waals surface area contributed by atoms with Crippen molar-refractivity contribution in [3.8, 4) is 5.75 Å². The third-order valence-electron chi connectivity index (χ3n) is 1.60. The molecule has 90 valence electrons. The summed E-state index contributed by atoms with van der Waals surface area (Å²) in [4.78, 5) is 0. The third kappa shape index (κ3) is 4.28. The van der Waals surface area contributed by atoms with E-state index in [1.54, 1.807) is 12.1 Å². The van der Waals surface area contributed by atoms with Gasteiger partial charge < -0.3 is 4.74 Å². The van der Waals surface area contributed by atoms with E-state index in [9.17, 15) is 8.42 Å². The lowest BCUT2D eigenvalue weighted by molar-refractivity contribution is 0.242. The van der Waals surface area contributed by atoms with E-state index in [0.29, 0.717) is 16.5 Å². The van der Waals surface area contributed by atoms with Crippen molar-refractivity contribution in [1.82, 2.24) is 0 Å². The van der Waals surface area contributed by atoms with Crippen LogP contribution in [0.25, 0.3) is 0 Å². The zero-order valence-electron chi connectivity index (χ0n) is 9.32. The molecule has 0 amide bonds. The fourth-order valence-corrected chi connectivity index (χ4v) is 1.91. The summed E-state index contributed by atoms with van der Waals surface area (Å²) in [5, 5.41) is 0.377. The zero-order valence-corrected chi connectivity index (χ0v) is 10.9. The Labute approximate surface area is 101 Å². The van der Waals surface area contributed by atoms with Gasteiger partial charge in [0.25, 0.3) is 0 Å². The fraction of sp³-hybridized carbons (Fsp3) is 0.400. The first kappa shape index (κ1) is 13.1. The predicted molar refractivity (Wildman–Crippen MR) is 65.7 cm³/mol. The van der Waals surface area contributed by atoms with Gasteiger partial charge in [-0.1, -0.05) is 11.6 Å². The van der Waals surface area contributed by atoms with Gasteiger partial charge >= 0.3 is 0 Å². The molecule has 0 saturated heterocycles. The average molecular weight is 264 g/mol. The second-order valence-electron chi connectivity index (χ2n) is 3.69. The molecule has 1 aromatic rings. The standard InChI is InChI=1S/C10H14ClNO3S/c1-7(2)15-10-5-4-8(6-9(10)11)12-16(3,13)14/h4-7,12H,1-3H3. The molecule has 0 aliphatic rings. The lowest BCUT2D eigenvalue weighted by atomic mass is 10.3. The van der Waals surface area contributed by atoms with Gasteiger partial charge in [0.2, 0.25) is 10.0 Å². The van der Waals surface area contributed by atoms with Crippen LogP contribution < -0.4 is 9.46 Å². The van der Waals surface area contributed by atoms with Crippen molar-refractivity contribution in [2.24, 2.45) is 0 Å². The van der Waals surface area contributed by atoms with Crippen LogP contribution in [0.4, 0.5) is 5.69 Å². The number of benzene rings is 1. The largest absolute Gasteiger partial charge is 0.489 e. The quantitative estimate of drug-likeness (QED) is 0.908. The van der Waals surface area contributed by atoms with Crippen molar-refractivity contribution >= 4 is 27.3 Å². The van der Waals surface area contributed by atoms with Crippen LogP contribution in [0.2, 0.25) is 5.02 Å². The SMILES string of the molecule is CC(C)Oc1ccc(NS(C)(=O)=O)cc1Cl. The Morgan fingerprint density at radius 1 is 1.38 bits per heavy atom. The number of sulfonamides is 1. The number of halogens is 1. The van der Waals surface area contributed by atoms with E-state index >= 15 is 0 Å². The van der Waals surface area contributed by atoms with Gasteiger partial charge in [0.15, 0.2) is 0 Å². The molecule has 1 aromatic carbocycles. The Bertz CT molecular complexity index is 471. The minimum absolute atomic E-state index is 0.0196. The minimum atomic E-state index is -3.28. The summed E-state index contributed by atoms with van der Waals surface area (Å²) in [6, 6.07) is 4.75. The summed E-state index contributed by atoms with van der Waals surface area (Å²) in [7, 11) is -3.28. The highest BCUT2D eigenvalue weighted by molar-refractivity contribution is 7.92. The number of hydrogen-bond acceptors (Lipinski definition) is 3. The fourth-order valence-electron chi connectivity index (χ4n) is 1.13. The molecular weight excluding hydrogens is 250 g/mol. The highest BCUT2D eigenvalue weighted by Gasteiger charge is 2.07. The summed E-state index contributed by atoms with van der Waals surface area (Å²) in [5.74, 6) is 0.538. The number of nitrogens with one attached hydrogen (secondary N) is 1. The van der Waals surface area contributed by atoms with Crippen molar-refractivity contribution in [1.29, 1.82) is 0 Å². The van der Waals surface area contributed by atoms with Gasteiger partial charge in [-0.05, 0) is 32.0 Å². The maximum Gasteiger partial charge on any atom is 0.229 e. The number of ether oxygens (including phenoxy) is 1. The number of rotatable bonds is 4. The monoisotopic (exact) mass is 263 g/mol. The number of hydrogen-bond donors (Lipinski definition) is 1. The molecule has 0 fully saturated rings. The van der Waals surface area contributed by atoms with Crippen molar-refractivity contribution in [2.75, 3.05) is 11.0 Å².